The van der Waals surface area contributed by atoms with Gasteiger partial charge in [0, 0.05) is 0 Å². The van der Waals surface area contributed by atoms with Crippen LogP contribution < -0.4 is 4.72 Å². The first kappa shape index (κ1) is 15.8. The van der Waals surface area contributed by atoms with Crippen LogP contribution in [0.1, 0.15) is 13.8 Å². The van der Waals surface area contributed by atoms with Crippen LogP contribution in [0.25, 0.3) is 0 Å². The number of nitrogens with one attached hydrogen (secondary N) is 1. The van der Waals surface area contributed by atoms with E-state index in [1.807, 2.05) is 4.72 Å². The van der Waals surface area contributed by atoms with Gasteiger partial charge in [-0.05, 0) is 5.92 Å². The van der Waals surface area contributed by atoms with Gasteiger partial charge in [-0.25, -0.2) is 0 Å². The fourth-order valence-electron chi connectivity index (χ4n) is 2.03. The molecule has 5 atom stereocenters. The quantitative estimate of drug-likeness (QED) is 0.373. The summed E-state index contributed by atoms with van der Waals surface area (Å²) < 4.78 is 37.6. The number of aliphatic hydroxyl groups excluding tert-OH is 3. The van der Waals surface area contributed by atoms with Crippen molar-refractivity contribution in [2.75, 3.05) is 6.61 Å². The minimum Gasteiger partial charge on any atom is -0.394 e. The summed E-state index contributed by atoms with van der Waals surface area (Å²) in [6.07, 6.45) is -4.69. The van der Waals surface area contributed by atoms with Crippen LogP contribution in [0.2, 0.25) is 0 Å². The van der Waals surface area contributed by atoms with E-state index in [2.05, 4.69) is 0 Å². The Morgan fingerprint density at radius 1 is 1.28 bits per heavy atom. The SMILES string of the molecule is CC(C)[C@@H]1OC(CO)[C@@H](O)[C@@H](O)C1NS(=O)(=O)O. The van der Waals surface area contributed by atoms with Gasteiger partial charge in [-0.1, -0.05) is 13.8 Å². The molecule has 1 rings (SSSR count). The standard InChI is InChI=1S/C9H19NO7S/c1-4(2)9-6(10-18(14,15)16)8(13)7(12)5(3-11)17-9/h4-13H,3H2,1-2H3,(H,14,15,16)/t5?,6?,7-,8+,9+/m1/s1. The molecule has 1 saturated heterocycles. The summed E-state index contributed by atoms with van der Waals surface area (Å²) in [5.41, 5.74) is 0. The fourth-order valence-corrected chi connectivity index (χ4v) is 2.64. The van der Waals surface area contributed by atoms with Crippen molar-refractivity contribution in [1.29, 1.82) is 0 Å². The van der Waals surface area contributed by atoms with Gasteiger partial charge in [0.25, 0.3) is 0 Å². The molecule has 0 bridgehead atoms. The lowest BCUT2D eigenvalue weighted by Crippen LogP contribution is -2.65. The molecule has 0 amide bonds. The molecule has 8 nitrogen and oxygen atoms in total. The maximum Gasteiger partial charge on any atom is 0.333 e. The third-order valence-electron chi connectivity index (χ3n) is 2.91. The van der Waals surface area contributed by atoms with Gasteiger partial charge < -0.3 is 20.1 Å². The zero-order valence-corrected chi connectivity index (χ0v) is 10.9. The third-order valence-corrected chi connectivity index (χ3v) is 3.48. The second-order valence-electron chi connectivity index (χ2n) is 4.67. The molecule has 0 saturated carbocycles. The highest BCUT2D eigenvalue weighted by atomic mass is 32.2. The van der Waals surface area contributed by atoms with Crippen molar-refractivity contribution in [3.8, 4) is 0 Å². The number of aliphatic hydroxyl groups is 3. The molecule has 108 valence electrons. The Kier molecular flexibility index (Phi) is 5.06. The van der Waals surface area contributed by atoms with E-state index < -0.39 is 47.4 Å². The molecule has 9 heteroatoms. The largest absolute Gasteiger partial charge is 0.394 e. The predicted octanol–water partition coefficient (Wildman–Crippen LogP) is -2.12. The Hall–Kier alpha value is -0.290. The van der Waals surface area contributed by atoms with Gasteiger partial charge in [0.1, 0.15) is 18.3 Å². The van der Waals surface area contributed by atoms with Gasteiger partial charge in [-0.15, -0.1) is 0 Å². The molecule has 1 heterocycles. The highest BCUT2D eigenvalue weighted by molar-refractivity contribution is 7.83. The highest BCUT2D eigenvalue weighted by Crippen LogP contribution is 2.26. The molecule has 2 unspecified atom stereocenters. The van der Waals surface area contributed by atoms with Crippen molar-refractivity contribution in [2.45, 2.75) is 44.3 Å². The normalized spacial score (nSPS) is 38.1. The lowest BCUT2D eigenvalue weighted by atomic mass is 9.88. The van der Waals surface area contributed by atoms with Gasteiger partial charge >= 0.3 is 10.3 Å². The van der Waals surface area contributed by atoms with Gasteiger partial charge in [-0.3, -0.25) is 4.55 Å². The Labute approximate surface area is 105 Å². The van der Waals surface area contributed by atoms with Crippen molar-refractivity contribution in [2.24, 2.45) is 5.92 Å². The molecular weight excluding hydrogens is 266 g/mol. The molecule has 18 heavy (non-hydrogen) atoms. The summed E-state index contributed by atoms with van der Waals surface area (Å²) >= 11 is 0. The van der Waals surface area contributed by atoms with Crippen molar-refractivity contribution in [3.63, 3.8) is 0 Å². The fraction of sp³-hybridized carbons (Fsp3) is 1.00. The monoisotopic (exact) mass is 285 g/mol. The molecular formula is C9H19NO7S. The van der Waals surface area contributed by atoms with Crippen LogP contribution in [-0.4, -0.2) is 65.4 Å². The van der Waals surface area contributed by atoms with E-state index in [-0.39, 0.29) is 5.92 Å². The van der Waals surface area contributed by atoms with Crippen LogP contribution in [0.3, 0.4) is 0 Å². The van der Waals surface area contributed by atoms with E-state index in [4.69, 9.17) is 14.4 Å². The lowest BCUT2D eigenvalue weighted by molar-refractivity contribution is -0.201. The molecule has 0 aromatic carbocycles. The predicted molar refractivity (Wildman–Crippen MR) is 61.1 cm³/mol. The maximum absolute atomic E-state index is 10.8. The van der Waals surface area contributed by atoms with Crippen LogP contribution in [0.4, 0.5) is 0 Å². The van der Waals surface area contributed by atoms with Gasteiger partial charge in [0.15, 0.2) is 0 Å². The summed E-state index contributed by atoms with van der Waals surface area (Å²) in [6.45, 7) is 2.95. The summed E-state index contributed by atoms with van der Waals surface area (Å²) in [4.78, 5) is 0. The minimum absolute atomic E-state index is 0.194. The molecule has 0 aliphatic carbocycles. The first-order valence-corrected chi connectivity index (χ1v) is 6.98. The second-order valence-corrected chi connectivity index (χ2v) is 5.85. The molecule has 1 aliphatic rings. The molecule has 5 N–H and O–H groups in total. The molecule has 0 aromatic heterocycles. The van der Waals surface area contributed by atoms with Crippen molar-refractivity contribution in [1.82, 2.24) is 4.72 Å². The number of rotatable bonds is 4. The van der Waals surface area contributed by atoms with Crippen LogP contribution >= 0.6 is 0 Å². The number of hydrogen-bond acceptors (Lipinski definition) is 6. The minimum atomic E-state index is -4.53. The number of ether oxygens (including phenoxy) is 1. The van der Waals surface area contributed by atoms with E-state index >= 15 is 0 Å². The summed E-state index contributed by atoms with van der Waals surface area (Å²) in [6, 6.07) is -1.18. The van der Waals surface area contributed by atoms with Gasteiger partial charge in [0.2, 0.25) is 0 Å². The summed E-state index contributed by atoms with van der Waals surface area (Å²) in [5, 5.41) is 28.5. The molecule has 1 fully saturated rings. The zero-order valence-electron chi connectivity index (χ0n) is 10.1. The highest BCUT2D eigenvalue weighted by Gasteiger charge is 2.46. The average Bonchev–Trinajstić information content (AvgIpc) is 2.23. The van der Waals surface area contributed by atoms with E-state index in [1.54, 1.807) is 13.8 Å². The Balaban J connectivity index is 2.96. The van der Waals surface area contributed by atoms with Crippen LogP contribution in [-0.2, 0) is 15.0 Å². The molecule has 0 aromatic rings. The molecule has 0 spiro atoms. The number of hydrogen-bond donors (Lipinski definition) is 5. The summed E-state index contributed by atoms with van der Waals surface area (Å²) in [7, 11) is -4.53. The Bertz CT molecular complexity index is 371. The first-order chi connectivity index (χ1) is 8.17. The Morgan fingerprint density at radius 3 is 2.22 bits per heavy atom. The van der Waals surface area contributed by atoms with Crippen LogP contribution in [0.15, 0.2) is 0 Å². The van der Waals surface area contributed by atoms with Crippen molar-refractivity contribution in [3.05, 3.63) is 0 Å². The van der Waals surface area contributed by atoms with Crippen molar-refractivity contribution >= 4 is 10.3 Å². The van der Waals surface area contributed by atoms with E-state index in [1.165, 1.54) is 0 Å². The lowest BCUT2D eigenvalue weighted by Gasteiger charge is -2.43. The second kappa shape index (κ2) is 5.78. The van der Waals surface area contributed by atoms with Crippen LogP contribution in [0.5, 0.6) is 0 Å². The maximum atomic E-state index is 10.8. The molecule has 0 radical (unpaired) electrons. The van der Waals surface area contributed by atoms with Gasteiger partial charge in [-0.2, -0.15) is 13.1 Å². The topological polar surface area (TPSA) is 136 Å². The third kappa shape index (κ3) is 3.60. The van der Waals surface area contributed by atoms with Crippen molar-refractivity contribution < 1.29 is 33.0 Å². The smallest absolute Gasteiger partial charge is 0.333 e. The van der Waals surface area contributed by atoms with E-state index in [0.29, 0.717) is 0 Å². The van der Waals surface area contributed by atoms with Crippen LogP contribution in [0, 0.1) is 5.92 Å². The van der Waals surface area contributed by atoms with E-state index in [0.717, 1.165) is 0 Å². The molecule has 1 aliphatic heterocycles. The average molecular weight is 285 g/mol. The first-order valence-electron chi connectivity index (χ1n) is 5.54. The zero-order chi connectivity index (χ0) is 14.1. The Morgan fingerprint density at radius 2 is 1.83 bits per heavy atom. The van der Waals surface area contributed by atoms with Gasteiger partial charge in [0.05, 0.1) is 18.8 Å². The summed E-state index contributed by atoms with van der Waals surface area (Å²) in [5.74, 6) is -0.194. The van der Waals surface area contributed by atoms with E-state index in [9.17, 15) is 18.6 Å².